The number of anilines is 1. The summed E-state index contributed by atoms with van der Waals surface area (Å²) in [5, 5.41) is 14.7. The van der Waals surface area contributed by atoms with Gasteiger partial charge >= 0.3 is 0 Å². The van der Waals surface area contributed by atoms with Crippen molar-refractivity contribution >= 4 is 28.8 Å². The average molecular weight is 361 g/mol. The molecule has 0 aliphatic carbocycles. The van der Waals surface area contributed by atoms with Crippen LogP contribution in [-0.2, 0) is 6.42 Å². The van der Waals surface area contributed by atoms with E-state index in [1.165, 1.54) is 11.3 Å². The first-order valence-corrected chi connectivity index (χ1v) is 8.98. The zero-order chi connectivity index (χ0) is 18.2. The smallest absolute Gasteiger partial charge is 0.286 e. The summed E-state index contributed by atoms with van der Waals surface area (Å²) in [6.45, 7) is 3.42. The van der Waals surface area contributed by atoms with Crippen molar-refractivity contribution in [2.45, 2.75) is 19.8 Å². The van der Waals surface area contributed by atoms with Crippen molar-refractivity contribution in [1.29, 1.82) is 0 Å². The minimum atomic E-state index is -0.289. The molecule has 0 unspecified atom stereocenters. The van der Waals surface area contributed by atoms with Gasteiger partial charge in [-0.3, -0.25) is 9.59 Å². The van der Waals surface area contributed by atoms with Crippen LogP contribution in [0.4, 0.5) is 5.69 Å². The fourth-order valence-corrected chi connectivity index (χ4v) is 2.88. The van der Waals surface area contributed by atoms with E-state index in [9.17, 15) is 9.59 Å². The topological polar surface area (TPSA) is 87.2 Å². The monoisotopic (exact) mass is 361 g/mol. The van der Waals surface area contributed by atoms with Gasteiger partial charge in [0.15, 0.2) is 0 Å². The maximum atomic E-state index is 12.2. The van der Waals surface area contributed by atoms with E-state index in [0.717, 1.165) is 24.4 Å². The molecule has 134 valence electrons. The van der Waals surface area contributed by atoms with Gasteiger partial charge in [-0.15, -0.1) is 10.2 Å². The largest absolute Gasteiger partial charge is 0.351 e. The molecule has 2 N–H and O–H groups in total. The summed E-state index contributed by atoms with van der Waals surface area (Å²) < 4.78 is 0. The summed E-state index contributed by atoms with van der Waals surface area (Å²) in [6.07, 6.45) is 1.79. The maximum absolute atomic E-state index is 12.2. The fourth-order valence-electron chi connectivity index (χ4n) is 2.04. The second kappa shape index (κ2) is 9.24. The molecule has 0 saturated carbocycles. The minimum absolute atomic E-state index is 0.131. The molecule has 1 heterocycles. The number of hydrogen-bond donors (Lipinski definition) is 2. The van der Waals surface area contributed by atoms with E-state index in [1.807, 2.05) is 19.0 Å². The van der Waals surface area contributed by atoms with Crippen LogP contribution < -0.4 is 10.6 Å². The molecule has 0 fully saturated rings. The number of likely N-dealkylation sites (N-methyl/N-ethyl adjacent to an activating group) is 1. The number of aryl methyl sites for hydroxylation is 1. The van der Waals surface area contributed by atoms with E-state index in [0.29, 0.717) is 22.8 Å². The van der Waals surface area contributed by atoms with E-state index < -0.39 is 0 Å². The lowest BCUT2D eigenvalue weighted by atomic mass is 10.2. The van der Waals surface area contributed by atoms with Gasteiger partial charge in [0.05, 0.1) is 0 Å². The van der Waals surface area contributed by atoms with E-state index in [1.54, 1.807) is 24.3 Å². The van der Waals surface area contributed by atoms with Gasteiger partial charge in [-0.1, -0.05) is 18.3 Å². The molecule has 0 aliphatic heterocycles. The third-order valence-electron chi connectivity index (χ3n) is 3.37. The predicted molar refractivity (Wildman–Crippen MR) is 99.2 cm³/mol. The molecule has 1 aromatic carbocycles. The van der Waals surface area contributed by atoms with Crippen molar-refractivity contribution in [2.24, 2.45) is 0 Å². The zero-order valence-electron chi connectivity index (χ0n) is 14.7. The Kier molecular flexibility index (Phi) is 7.03. The summed E-state index contributed by atoms with van der Waals surface area (Å²) in [4.78, 5) is 26.2. The van der Waals surface area contributed by atoms with E-state index >= 15 is 0 Å². The number of hydrogen-bond acceptors (Lipinski definition) is 6. The van der Waals surface area contributed by atoms with Crippen LogP contribution in [0.1, 0.15) is 38.5 Å². The Morgan fingerprint density at radius 3 is 2.48 bits per heavy atom. The van der Waals surface area contributed by atoms with Crippen LogP contribution in [0, 0.1) is 0 Å². The van der Waals surface area contributed by atoms with Gasteiger partial charge in [-0.2, -0.15) is 0 Å². The maximum Gasteiger partial charge on any atom is 0.286 e. The summed E-state index contributed by atoms with van der Waals surface area (Å²) in [5.41, 5.74) is 1.17. The number of nitrogens with one attached hydrogen (secondary N) is 2. The van der Waals surface area contributed by atoms with Crippen molar-refractivity contribution in [3.05, 3.63) is 39.8 Å². The number of rotatable bonds is 8. The Hall–Kier alpha value is -2.32. The quantitative estimate of drug-likeness (QED) is 0.751. The highest BCUT2D eigenvalue weighted by Gasteiger charge is 2.13. The standard InChI is InChI=1S/C17H23N5O2S/c1-4-5-14-20-21-17(25-14)16(24)19-13-8-6-12(7-9-13)15(23)18-10-11-22(2)3/h6-9H,4-5,10-11H2,1-3H3,(H,18,23)(H,19,24). The van der Waals surface area contributed by atoms with Crippen molar-refractivity contribution < 1.29 is 9.59 Å². The predicted octanol–water partition coefficient (Wildman–Crippen LogP) is 2.03. The number of benzene rings is 1. The number of nitrogens with zero attached hydrogens (tertiary/aromatic N) is 3. The lowest BCUT2D eigenvalue weighted by Crippen LogP contribution is -2.31. The van der Waals surface area contributed by atoms with Crippen LogP contribution in [0.15, 0.2) is 24.3 Å². The molecule has 7 nitrogen and oxygen atoms in total. The molecule has 2 rings (SSSR count). The van der Waals surface area contributed by atoms with Crippen LogP contribution in [0.2, 0.25) is 0 Å². The third kappa shape index (κ3) is 5.91. The molecular formula is C17H23N5O2S. The Bertz CT molecular complexity index is 712. The fraction of sp³-hybridized carbons (Fsp3) is 0.412. The molecule has 0 spiro atoms. The van der Waals surface area contributed by atoms with Gasteiger partial charge in [-0.05, 0) is 44.8 Å². The number of carbonyl (C=O) groups is 2. The molecule has 0 atom stereocenters. The van der Waals surface area contributed by atoms with Gasteiger partial charge in [0.1, 0.15) is 5.01 Å². The van der Waals surface area contributed by atoms with Crippen LogP contribution in [0.3, 0.4) is 0 Å². The zero-order valence-corrected chi connectivity index (χ0v) is 15.5. The van der Waals surface area contributed by atoms with Gasteiger partial charge < -0.3 is 15.5 Å². The van der Waals surface area contributed by atoms with Crippen LogP contribution >= 0.6 is 11.3 Å². The van der Waals surface area contributed by atoms with E-state index in [4.69, 9.17) is 0 Å². The average Bonchev–Trinajstić information content (AvgIpc) is 3.04. The first-order valence-electron chi connectivity index (χ1n) is 8.16. The number of amides is 2. The second-order valence-electron chi connectivity index (χ2n) is 5.84. The van der Waals surface area contributed by atoms with Crippen molar-refractivity contribution in [3.63, 3.8) is 0 Å². The number of carbonyl (C=O) groups excluding carboxylic acids is 2. The molecule has 1 aromatic heterocycles. The Morgan fingerprint density at radius 1 is 1.12 bits per heavy atom. The first-order chi connectivity index (χ1) is 12.0. The van der Waals surface area contributed by atoms with Gasteiger partial charge in [0, 0.05) is 30.8 Å². The molecule has 0 radical (unpaired) electrons. The van der Waals surface area contributed by atoms with E-state index in [2.05, 4.69) is 27.8 Å². The SMILES string of the molecule is CCCc1nnc(C(=O)Nc2ccc(C(=O)NCCN(C)C)cc2)s1. The molecule has 0 saturated heterocycles. The molecule has 2 aromatic rings. The Morgan fingerprint density at radius 2 is 1.84 bits per heavy atom. The van der Waals surface area contributed by atoms with Crippen LogP contribution in [0.25, 0.3) is 0 Å². The first kappa shape index (κ1) is 19.0. The molecule has 0 bridgehead atoms. The number of aromatic nitrogens is 2. The molecular weight excluding hydrogens is 338 g/mol. The highest BCUT2D eigenvalue weighted by Crippen LogP contribution is 2.15. The minimum Gasteiger partial charge on any atom is -0.351 e. The van der Waals surface area contributed by atoms with Crippen molar-refractivity contribution in [1.82, 2.24) is 20.4 Å². The lowest BCUT2D eigenvalue weighted by molar-refractivity contribution is 0.0950. The molecule has 8 heteroatoms. The summed E-state index contributed by atoms with van der Waals surface area (Å²) in [7, 11) is 3.90. The summed E-state index contributed by atoms with van der Waals surface area (Å²) in [6, 6.07) is 6.77. The highest BCUT2D eigenvalue weighted by atomic mass is 32.1. The third-order valence-corrected chi connectivity index (χ3v) is 4.36. The second-order valence-corrected chi connectivity index (χ2v) is 6.90. The molecule has 0 aliphatic rings. The van der Waals surface area contributed by atoms with Crippen molar-refractivity contribution in [2.75, 3.05) is 32.5 Å². The van der Waals surface area contributed by atoms with Gasteiger partial charge in [0.2, 0.25) is 5.01 Å². The van der Waals surface area contributed by atoms with Gasteiger partial charge in [-0.25, -0.2) is 0 Å². The highest BCUT2D eigenvalue weighted by molar-refractivity contribution is 7.13. The van der Waals surface area contributed by atoms with E-state index in [-0.39, 0.29) is 11.8 Å². The van der Waals surface area contributed by atoms with Crippen LogP contribution in [-0.4, -0.2) is 54.1 Å². The van der Waals surface area contributed by atoms with Crippen LogP contribution in [0.5, 0.6) is 0 Å². The lowest BCUT2D eigenvalue weighted by Gasteiger charge is -2.10. The summed E-state index contributed by atoms with van der Waals surface area (Å²) in [5.74, 6) is -0.420. The molecule has 25 heavy (non-hydrogen) atoms. The van der Waals surface area contributed by atoms with Gasteiger partial charge in [0.25, 0.3) is 11.8 Å². The normalized spacial score (nSPS) is 10.7. The van der Waals surface area contributed by atoms with Crippen molar-refractivity contribution in [3.8, 4) is 0 Å². The molecule has 2 amide bonds. The Balaban J connectivity index is 1.90. The summed E-state index contributed by atoms with van der Waals surface area (Å²) >= 11 is 1.30. The Labute approximate surface area is 151 Å².